The van der Waals surface area contributed by atoms with Crippen molar-refractivity contribution in [3.63, 3.8) is 0 Å². The predicted octanol–water partition coefficient (Wildman–Crippen LogP) is 4.04. The molecule has 0 fully saturated rings. The number of hydrogen-bond donors (Lipinski definition) is 2. The van der Waals surface area contributed by atoms with Crippen molar-refractivity contribution in [2.75, 3.05) is 13.2 Å². The standard InChI is InChI=1S/C18H22N4O2S2/c1-3-15(26-16-6-4-14(5-7-16)24-11-10-23)8-9-18(19-2)25-12-17-20-13-21-22-17/h4-9,13,23H,2-3,10-12H2,1H3,(H,20,21,22)/b15-8+,18-9+. The number of benzene rings is 1. The molecule has 0 aliphatic heterocycles. The highest BCUT2D eigenvalue weighted by atomic mass is 32.2. The minimum absolute atomic E-state index is 0.0136. The molecule has 6 nitrogen and oxygen atoms in total. The molecule has 0 radical (unpaired) electrons. The molecule has 8 heteroatoms. The van der Waals surface area contributed by atoms with E-state index in [1.807, 2.05) is 30.3 Å². The summed E-state index contributed by atoms with van der Waals surface area (Å²) in [6, 6.07) is 7.84. The van der Waals surface area contributed by atoms with Gasteiger partial charge in [0.1, 0.15) is 24.5 Å². The van der Waals surface area contributed by atoms with Crippen molar-refractivity contribution in [2.24, 2.45) is 4.99 Å². The lowest BCUT2D eigenvalue weighted by molar-refractivity contribution is 0.201. The molecule has 0 spiro atoms. The lowest BCUT2D eigenvalue weighted by Gasteiger charge is -2.07. The van der Waals surface area contributed by atoms with E-state index in [0.717, 1.165) is 27.9 Å². The molecule has 1 aromatic carbocycles. The molecule has 2 aromatic rings. The first kappa shape index (κ1) is 20.3. The maximum atomic E-state index is 8.78. The Kier molecular flexibility index (Phi) is 9.02. The van der Waals surface area contributed by atoms with Crippen molar-refractivity contribution in [2.45, 2.75) is 24.0 Å². The van der Waals surface area contributed by atoms with E-state index in [-0.39, 0.29) is 6.61 Å². The maximum Gasteiger partial charge on any atom is 0.137 e. The topological polar surface area (TPSA) is 83.4 Å². The summed E-state index contributed by atoms with van der Waals surface area (Å²) in [5.41, 5.74) is 0. The Morgan fingerprint density at radius 1 is 1.35 bits per heavy atom. The van der Waals surface area contributed by atoms with Crippen LogP contribution in [-0.4, -0.2) is 40.2 Å². The Morgan fingerprint density at radius 2 is 2.15 bits per heavy atom. The van der Waals surface area contributed by atoms with Crippen LogP contribution in [0, 0.1) is 0 Å². The van der Waals surface area contributed by atoms with Crippen LogP contribution in [0.4, 0.5) is 0 Å². The molecule has 0 aliphatic rings. The van der Waals surface area contributed by atoms with Gasteiger partial charge < -0.3 is 9.84 Å². The first-order valence-electron chi connectivity index (χ1n) is 8.11. The Bertz CT molecular complexity index is 728. The van der Waals surface area contributed by atoms with E-state index < -0.39 is 0 Å². The number of aliphatic imine (C=N–C) groups is 1. The minimum atomic E-state index is 0.0136. The number of aliphatic hydroxyl groups excluding tert-OH is 1. The highest BCUT2D eigenvalue weighted by molar-refractivity contribution is 8.03. The number of aromatic amines is 1. The molecule has 0 bridgehead atoms. The highest BCUT2D eigenvalue weighted by Crippen LogP contribution is 2.31. The number of nitrogens with one attached hydrogen (secondary N) is 1. The summed E-state index contributed by atoms with van der Waals surface area (Å²) in [6.07, 6.45) is 6.45. The van der Waals surface area contributed by atoms with Gasteiger partial charge in [0.05, 0.1) is 17.4 Å². The summed E-state index contributed by atoms with van der Waals surface area (Å²) in [5.74, 6) is 2.23. The summed E-state index contributed by atoms with van der Waals surface area (Å²) in [7, 11) is 0. The summed E-state index contributed by atoms with van der Waals surface area (Å²) in [4.78, 5) is 10.5. The van der Waals surface area contributed by atoms with Crippen LogP contribution >= 0.6 is 23.5 Å². The van der Waals surface area contributed by atoms with Crippen LogP contribution in [0.25, 0.3) is 0 Å². The molecular weight excluding hydrogens is 368 g/mol. The molecule has 2 N–H and O–H groups in total. The number of allylic oxidation sites excluding steroid dienone is 3. The Balaban J connectivity index is 1.95. The number of thioether (sulfide) groups is 2. The van der Waals surface area contributed by atoms with Gasteiger partial charge in [-0.25, -0.2) is 4.98 Å². The van der Waals surface area contributed by atoms with E-state index in [1.165, 1.54) is 11.2 Å². The van der Waals surface area contributed by atoms with Crippen molar-refractivity contribution < 1.29 is 9.84 Å². The van der Waals surface area contributed by atoms with Crippen molar-refractivity contribution >= 4 is 30.2 Å². The van der Waals surface area contributed by atoms with E-state index in [4.69, 9.17) is 9.84 Å². The van der Waals surface area contributed by atoms with Gasteiger partial charge in [-0.05, 0) is 54.5 Å². The third kappa shape index (κ3) is 7.07. The second-order valence-corrected chi connectivity index (χ2v) is 7.21. The van der Waals surface area contributed by atoms with Gasteiger partial charge in [0.2, 0.25) is 0 Å². The van der Waals surface area contributed by atoms with Gasteiger partial charge in [0.15, 0.2) is 0 Å². The molecule has 26 heavy (non-hydrogen) atoms. The number of rotatable bonds is 11. The summed E-state index contributed by atoms with van der Waals surface area (Å²) in [5, 5.41) is 16.3. The third-order valence-corrected chi connectivity index (χ3v) is 5.34. The predicted molar refractivity (Wildman–Crippen MR) is 109 cm³/mol. The van der Waals surface area contributed by atoms with Gasteiger partial charge in [-0.15, -0.1) is 0 Å². The van der Waals surface area contributed by atoms with Crippen LogP contribution in [-0.2, 0) is 5.75 Å². The lowest BCUT2D eigenvalue weighted by Crippen LogP contribution is -2.01. The van der Waals surface area contributed by atoms with Crippen LogP contribution in [0.2, 0.25) is 0 Å². The van der Waals surface area contributed by atoms with E-state index in [9.17, 15) is 0 Å². The fourth-order valence-electron chi connectivity index (χ4n) is 1.90. The largest absolute Gasteiger partial charge is 0.491 e. The summed E-state index contributed by atoms with van der Waals surface area (Å²) < 4.78 is 5.37. The van der Waals surface area contributed by atoms with Crippen molar-refractivity contribution in [3.05, 3.63) is 58.5 Å². The molecule has 1 aromatic heterocycles. The van der Waals surface area contributed by atoms with Crippen LogP contribution in [0.5, 0.6) is 5.75 Å². The summed E-state index contributed by atoms with van der Waals surface area (Å²) in [6.45, 7) is 6.07. The Labute approximate surface area is 161 Å². The zero-order valence-corrected chi connectivity index (χ0v) is 16.2. The van der Waals surface area contributed by atoms with Crippen molar-refractivity contribution in [1.82, 2.24) is 15.2 Å². The van der Waals surface area contributed by atoms with E-state index in [2.05, 4.69) is 39.9 Å². The van der Waals surface area contributed by atoms with Crippen LogP contribution < -0.4 is 4.74 Å². The molecule has 0 amide bonds. The molecule has 1 heterocycles. The second-order valence-electron chi connectivity index (χ2n) is 5.02. The molecule has 0 saturated heterocycles. The van der Waals surface area contributed by atoms with E-state index in [1.54, 1.807) is 23.5 Å². The van der Waals surface area contributed by atoms with E-state index in [0.29, 0.717) is 12.4 Å². The highest BCUT2D eigenvalue weighted by Gasteiger charge is 2.02. The fraction of sp³-hybridized carbons (Fsp3) is 0.278. The zero-order chi connectivity index (χ0) is 18.6. The molecule has 0 unspecified atom stereocenters. The number of H-pyrrole nitrogens is 1. The quantitative estimate of drug-likeness (QED) is 0.342. The monoisotopic (exact) mass is 390 g/mol. The third-order valence-electron chi connectivity index (χ3n) is 3.17. The van der Waals surface area contributed by atoms with Crippen LogP contribution in [0.1, 0.15) is 19.2 Å². The Morgan fingerprint density at radius 3 is 2.77 bits per heavy atom. The van der Waals surface area contributed by atoms with Gasteiger partial charge in [-0.3, -0.25) is 10.1 Å². The number of aliphatic hydroxyl groups is 1. The summed E-state index contributed by atoms with van der Waals surface area (Å²) >= 11 is 3.26. The van der Waals surface area contributed by atoms with E-state index >= 15 is 0 Å². The molecular formula is C18H22N4O2S2. The first-order chi connectivity index (χ1) is 12.7. The molecule has 0 saturated carbocycles. The maximum absolute atomic E-state index is 8.78. The number of aromatic nitrogens is 3. The zero-order valence-electron chi connectivity index (χ0n) is 14.6. The van der Waals surface area contributed by atoms with Gasteiger partial charge in [-0.1, -0.05) is 30.4 Å². The minimum Gasteiger partial charge on any atom is -0.491 e. The first-order valence-corrected chi connectivity index (χ1v) is 9.91. The second kappa shape index (κ2) is 11.6. The van der Waals surface area contributed by atoms with Crippen molar-refractivity contribution in [1.29, 1.82) is 0 Å². The lowest BCUT2D eigenvalue weighted by atomic mass is 10.3. The average molecular weight is 391 g/mol. The smallest absolute Gasteiger partial charge is 0.137 e. The van der Waals surface area contributed by atoms with Crippen LogP contribution in [0.3, 0.4) is 0 Å². The SMILES string of the molecule is C=N/C(=C\C=C(/CC)Sc1ccc(OCCO)cc1)SCc1ncn[nH]1. The number of hydrogen-bond acceptors (Lipinski definition) is 7. The molecule has 138 valence electrons. The number of nitrogens with zero attached hydrogens (tertiary/aromatic N) is 3. The van der Waals surface area contributed by atoms with Gasteiger partial charge in [0, 0.05) is 4.90 Å². The molecule has 0 atom stereocenters. The van der Waals surface area contributed by atoms with Crippen molar-refractivity contribution in [3.8, 4) is 5.75 Å². The fourth-order valence-corrected chi connectivity index (χ4v) is 3.43. The average Bonchev–Trinajstić information content (AvgIpc) is 3.20. The molecule has 0 aliphatic carbocycles. The molecule has 2 rings (SSSR count). The van der Waals surface area contributed by atoms with Gasteiger partial charge in [-0.2, -0.15) is 5.10 Å². The Hall–Kier alpha value is -2.03. The van der Waals surface area contributed by atoms with Crippen LogP contribution in [0.15, 0.2) is 62.6 Å². The van der Waals surface area contributed by atoms with Gasteiger partial charge in [0.25, 0.3) is 0 Å². The van der Waals surface area contributed by atoms with Gasteiger partial charge >= 0.3 is 0 Å². The normalized spacial score (nSPS) is 12.2. The number of ether oxygens (including phenoxy) is 1.